The topological polar surface area (TPSA) is 78.6 Å². The average Bonchev–Trinajstić information content (AvgIpc) is 3.72. The summed E-state index contributed by atoms with van der Waals surface area (Å²) < 4.78 is 17.7. The Morgan fingerprint density at radius 2 is 1.50 bits per heavy atom. The Morgan fingerprint density at radius 1 is 0.905 bits per heavy atom. The standard InChI is InChI=1S/C35H39N2O5/c1-24-31(23-32(38)41-25(2)26-9-7-6-8-10-26)33(42-36-24)29-13-11-27(12-14-29)28-15-17-30(18-16-28)35(19-20-35)34(39)40-22-21-37(3,4)5/h6-18,25H,19-23H2,1-5H3/q+1/t25-/m1/s1. The lowest BCUT2D eigenvalue weighted by molar-refractivity contribution is -0.870. The quantitative estimate of drug-likeness (QED) is 0.153. The number of ether oxygens (including phenoxy) is 2. The molecule has 218 valence electrons. The lowest BCUT2D eigenvalue weighted by Gasteiger charge is -2.24. The van der Waals surface area contributed by atoms with E-state index in [4.69, 9.17) is 14.0 Å². The minimum atomic E-state index is -0.506. The molecule has 1 heterocycles. The van der Waals surface area contributed by atoms with Crippen LogP contribution < -0.4 is 0 Å². The van der Waals surface area contributed by atoms with Crippen molar-refractivity contribution in [1.29, 1.82) is 0 Å². The first kappa shape index (κ1) is 29.3. The minimum absolute atomic E-state index is 0.0740. The van der Waals surface area contributed by atoms with Gasteiger partial charge in [0.2, 0.25) is 0 Å². The Kier molecular flexibility index (Phi) is 8.32. The third kappa shape index (κ3) is 6.63. The van der Waals surface area contributed by atoms with Crippen LogP contribution in [0.2, 0.25) is 0 Å². The number of rotatable bonds is 11. The molecule has 0 N–H and O–H groups in total. The number of aryl methyl sites for hydroxylation is 1. The molecule has 0 unspecified atom stereocenters. The van der Waals surface area contributed by atoms with Crippen LogP contribution in [0, 0.1) is 6.92 Å². The molecule has 1 atom stereocenters. The summed E-state index contributed by atoms with van der Waals surface area (Å²) >= 11 is 0. The third-order valence-corrected chi connectivity index (χ3v) is 7.94. The largest absolute Gasteiger partial charge is 0.459 e. The predicted octanol–water partition coefficient (Wildman–Crippen LogP) is 6.44. The van der Waals surface area contributed by atoms with Crippen molar-refractivity contribution < 1.29 is 28.1 Å². The van der Waals surface area contributed by atoms with Crippen LogP contribution in [0.25, 0.3) is 22.5 Å². The predicted molar refractivity (Wildman–Crippen MR) is 162 cm³/mol. The maximum atomic E-state index is 12.9. The van der Waals surface area contributed by atoms with E-state index in [-0.39, 0.29) is 24.5 Å². The molecule has 7 nitrogen and oxygen atoms in total. The van der Waals surface area contributed by atoms with Crippen molar-refractivity contribution in [3.05, 3.63) is 101 Å². The second-order valence-corrected chi connectivity index (χ2v) is 12.2. The van der Waals surface area contributed by atoms with E-state index in [0.29, 0.717) is 18.1 Å². The highest BCUT2D eigenvalue weighted by Gasteiger charge is 2.52. The van der Waals surface area contributed by atoms with Crippen molar-refractivity contribution in [2.45, 2.75) is 44.6 Å². The number of carbonyl (C=O) groups is 2. The summed E-state index contributed by atoms with van der Waals surface area (Å²) in [6.45, 7) is 4.90. The van der Waals surface area contributed by atoms with E-state index < -0.39 is 5.41 Å². The van der Waals surface area contributed by atoms with Crippen molar-refractivity contribution in [1.82, 2.24) is 5.16 Å². The lowest BCUT2D eigenvalue weighted by Crippen LogP contribution is -2.38. The zero-order valence-corrected chi connectivity index (χ0v) is 25.1. The highest BCUT2D eigenvalue weighted by atomic mass is 16.5. The van der Waals surface area contributed by atoms with Crippen molar-refractivity contribution >= 4 is 11.9 Å². The summed E-state index contributed by atoms with van der Waals surface area (Å²) in [4.78, 5) is 25.7. The SMILES string of the molecule is Cc1noc(-c2ccc(-c3ccc(C4(C(=O)OCC[N+](C)(C)C)CC4)cc3)cc2)c1CC(=O)O[C@H](C)c1ccccc1. The van der Waals surface area contributed by atoms with E-state index >= 15 is 0 Å². The number of carbonyl (C=O) groups excluding carboxylic acids is 2. The lowest BCUT2D eigenvalue weighted by atomic mass is 9.93. The van der Waals surface area contributed by atoms with Gasteiger partial charge in [0.1, 0.15) is 19.3 Å². The van der Waals surface area contributed by atoms with E-state index in [1.54, 1.807) is 0 Å². The average molecular weight is 568 g/mol. The van der Waals surface area contributed by atoms with Gasteiger partial charge >= 0.3 is 11.9 Å². The van der Waals surface area contributed by atoms with Gasteiger partial charge in [0.15, 0.2) is 5.76 Å². The van der Waals surface area contributed by atoms with E-state index in [0.717, 1.165) is 57.3 Å². The van der Waals surface area contributed by atoms with Gasteiger partial charge < -0.3 is 18.5 Å². The van der Waals surface area contributed by atoms with Gasteiger partial charge in [-0.05, 0) is 48.9 Å². The number of esters is 2. The molecule has 0 bridgehead atoms. The monoisotopic (exact) mass is 567 g/mol. The van der Waals surface area contributed by atoms with E-state index in [2.05, 4.69) is 38.4 Å². The zero-order valence-electron chi connectivity index (χ0n) is 25.1. The molecular formula is C35H39N2O5+. The molecule has 4 aromatic rings. The molecule has 1 saturated carbocycles. The van der Waals surface area contributed by atoms with Gasteiger partial charge in [-0.1, -0.05) is 84.0 Å². The van der Waals surface area contributed by atoms with Gasteiger partial charge in [-0.3, -0.25) is 9.59 Å². The number of hydrogen-bond acceptors (Lipinski definition) is 6. The molecule has 1 aliphatic carbocycles. The fourth-order valence-corrected chi connectivity index (χ4v) is 5.08. The second-order valence-electron chi connectivity index (χ2n) is 12.2. The number of benzene rings is 3. The number of hydrogen-bond donors (Lipinski definition) is 0. The van der Waals surface area contributed by atoms with Crippen LogP contribution in [-0.4, -0.2) is 55.9 Å². The molecule has 1 fully saturated rings. The summed E-state index contributed by atoms with van der Waals surface area (Å²) in [6.07, 6.45) is 1.37. The smallest absolute Gasteiger partial charge is 0.316 e. The molecule has 0 saturated heterocycles. The summed E-state index contributed by atoms with van der Waals surface area (Å²) in [6, 6.07) is 25.8. The highest BCUT2D eigenvalue weighted by molar-refractivity contribution is 5.87. The number of nitrogens with zero attached hydrogens (tertiary/aromatic N) is 2. The molecule has 42 heavy (non-hydrogen) atoms. The Morgan fingerprint density at radius 3 is 2.10 bits per heavy atom. The van der Waals surface area contributed by atoms with Crippen LogP contribution in [0.3, 0.4) is 0 Å². The van der Waals surface area contributed by atoms with Crippen LogP contribution in [0.4, 0.5) is 0 Å². The summed E-state index contributed by atoms with van der Waals surface area (Å²) in [5.74, 6) is 0.115. The van der Waals surface area contributed by atoms with Gasteiger partial charge in [0.05, 0.1) is 38.7 Å². The van der Waals surface area contributed by atoms with Crippen LogP contribution in [0.15, 0.2) is 83.4 Å². The maximum Gasteiger partial charge on any atom is 0.316 e. The van der Waals surface area contributed by atoms with Gasteiger partial charge in [-0.15, -0.1) is 0 Å². The molecule has 1 aliphatic rings. The number of quaternary nitrogens is 1. The molecular weight excluding hydrogens is 528 g/mol. The molecule has 7 heteroatoms. The first-order valence-electron chi connectivity index (χ1n) is 14.4. The first-order valence-corrected chi connectivity index (χ1v) is 14.4. The van der Waals surface area contributed by atoms with Gasteiger partial charge in [-0.25, -0.2) is 0 Å². The molecule has 0 aliphatic heterocycles. The second kappa shape index (κ2) is 11.9. The van der Waals surface area contributed by atoms with E-state index in [1.807, 2.05) is 80.6 Å². The van der Waals surface area contributed by atoms with Gasteiger partial charge in [-0.2, -0.15) is 0 Å². The Hall–Kier alpha value is -4.23. The van der Waals surface area contributed by atoms with Crippen LogP contribution in [-0.2, 0) is 30.9 Å². The van der Waals surface area contributed by atoms with E-state index in [9.17, 15) is 9.59 Å². The Bertz CT molecular complexity index is 1530. The van der Waals surface area contributed by atoms with Crippen LogP contribution in [0.5, 0.6) is 0 Å². The van der Waals surface area contributed by atoms with Crippen molar-refractivity contribution in [2.24, 2.45) is 0 Å². The highest BCUT2D eigenvalue weighted by Crippen LogP contribution is 2.49. The molecule has 0 radical (unpaired) electrons. The van der Waals surface area contributed by atoms with Crippen molar-refractivity contribution in [2.75, 3.05) is 34.3 Å². The van der Waals surface area contributed by atoms with Gasteiger partial charge in [0, 0.05) is 11.1 Å². The summed E-state index contributed by atoms with van der Waals surface area (Å²) in [5.41, 5.74) is 5.76. The van der Waals surface area contributed by atoms with Crippen molar-refractivity contribution in [3.8, 4) is 22.5 Å². The van der Waals surface area contributed by atoms with Crippen LogP contribution >= 0.6 is 0 Å². The first-order chi connectivity index (χ1) is 20.1. The van der Waals surface area contributed by atoms with E-state index in [1.165, 1.54) is 0 Å². The Balaban J connectivity index is 1.24. The third-order valence-electron chi connectivity index (χ3n) is 7.94. The fraction of sp³-hybridized carbons (Fsp3) is 0.343. The Labute approximate surface area is 247 Å². The summed E-state index contributed by atoms with van der Waals surface area (Å²) in [7, 11) is 6.26. The molecule has 3 aromatic carbocycles. The molecule has 0 amide bonds. The molecule has 0 spiro atoms. The molecule has 5 rings (SSSR count). The zero-order chi connectivity index (χ0) is 29.9. The minimum Gasteiger partial charge on any atom is -0.459 e. The summed E-state index contributed by atoms with van der Waals surface area (Å²) in [5, 5.41) is 4.13. The molecule has 1 aromatic heterocycles. The van der Waals surface area contributed by atoms with Gasteiger partial charge in [0.25, 0.3) is 0 Å². The number of aromatic nitrogens is 1. The van der Waals surface area contributed by atoms with Crippen LogP contribution in [0.1, 0.15) is 48.3 Å². The van der Waals surface area contributed by atoms with Crippen molar-refractivity contribution in [3.63, 3.8) is 0 Å². The number of likely N-dealkylation sites (N-methyl/N-ethyl adjacent to an activating group) is 1. The maximum absolute atomic E-state index is 12.9. The normalized spacial score (nSPS) is 14.7. The fourth-order valence-electron chi connectivity index (χ4n) is 5.08.